The van der Waals surface area contributed by atoms with Crippen LogP contribution in [0, 0.1) is 0 Å². The second-order valence-corrected chi connectivity index (χ2v) is 5.84. The van der Waals surface area contributed by atoms with Crippen molar-refractivity contribution in [1.29, 1.82) is 0 Å². The number of benzene rings is 1. The number of hydrogen-bond donors (Lipinski definition) is 1. The zero-order valence-electron chi connectivity index (χ0n) is 11.5. The minimum Gasteiger partial charge on any atom is -0.454 e. The van der Waals surface area contributed by atoms with Crippen LogP contribution < -0.4 is 14.8 Å². The summed E-state index contributed by atoms with van der Waals surface area (Å²) in [6.07, 6.45) is 3.24. The summed E-state index contributed by atoms with van der Waals surface area (Å²) in [5.74, 6) is 1.47. The summed E-state index contributed by atoms with van der Waals surface area (Å²) in [6, 6.07) is 4.15. The van der Waals surface area contributed by atoms with Crippen molar-refractivity contribution in [2.45, 2.75) is 44.8 Å². The first-order valence-electron chi connectivity index (χ1n) is 6.89. The summed E-state index contributed by atoms with van der Waals surface area (Å²) in [5, 5.41) is 3.46. The Morgan fingerprint density at radius 2 is 2.21 bits per heavy atom. The molecular weight excluding hydrogens is 245 g/mol. The van der Waals surface area contributed by atoms with E-state index in [1.165, 1.54) is 12.8 Å². The molecule has 4 heteroatoms. The predicted molar refractivity (Wildman–Crippen MR) is 71.4 cm³/mol. The normalized spacial score (nSPS) is 21.9. The van der Waals surface area contributed by atoms with Crippen LogP contribution in [0.3, 0.4) is 0 Å². The van der Waals surface area contributed by atoms with Crippen LogP contribution in [-0.2, 0) is 12.1 Å². The third-order valence-corrected chi connectivity index (χ3v) is 3.86. The summed E-state index contributed by atoms with van der Waals surface area (Å²) in [6.45, 7) is 4.44. The van der Waals surface area contributed by atoms with Gasteiger partial charge in [-0.3, -0.25) is 0 Å². The number of alkyl halides is 1. The number of halogens is 1. The average molecular weight is 265 g/mol. The smallest absolute Gasteiger partial charge is 0.231 e. The Morgan fingerprint density at radius 1 is 1.37 bits per heavy atom. The van der Waals surface area contributed by atoms with Crippen molar-refractivity contribution in [1.82, 2.24) is 5.32 Å². The minimum atomic E-state index is -1.36. The Morgan fingerprint density at radius 3 is 2.89 bits per heavy atom. The van der Waals surface area contributed by atoms with E-state index in [1.54, 1.807) is 19.9 Å². The average Bonchev–Trinajstić information content (AvgIpc) is 2.97. The molecule has 1 atom stereocenters. The highest BCUT2D eigenvalue weighted by Gasteiger charge is 2.27. The van der Waals surface area contributed by atoms with Crippen molar-refractivity contribution < 1.29 is 13.9 Å². The van der Waals surface area contributed by atoms with Gasteiger partial charge in [0.05, 0.1) is 0 Å². The van der Waals surface area contributed by atoms with Crippen LogP contribution in [0.5, 0.6) is 11.5 Å². The van der Waals surface area contributed by atoms with Crippen LogP contribution >= 0.6 is 0 Å². The quantitative estimate of drug-likeness (QED) is 0.911. The molecule has 2 aliphatic rings. The Labute approximate surface area is 113 Å². The van der Waals surface area contributed by atoms with E-state index in [0.29, 0.717) is 17.4 Å². The van der Waals surface area contributed by atoms with Gasteiger partial charge in [-0.1, -0.05) is 0 Å². The molecule has 1 fully saturated rings. The van der Waals surface area contributed by atoms with Crippen molar-refractivity contribution in [3.8, 4) is 11.5 Å². The Balaban J connectivity index is 1.94. The summed E-state index contributed by atoms with van der Waals surface area (Å²) < 4.78 is 25.1. The zero-order chi connectivity index (χ0) is 13.5. The zero-order valence-corrected chi connectivity index (χ0v) is 11.5. The molecule has 0 radical (unpaired) electrons. The van der Waals surface area contributed by atoms with E-state index in [9.17, 15) is 4.39 Å². The number of rotatable bonds is 3. The fraction of sp³-hybridized carbons (Fsp3) is 0.600. The largest absolute Gasteiger partial charge is 0.454 e. The fourth-order valence-corrected chi connectivity index (χ4v) is 2.77. The Kier molecular flexibility index (Phi) is 3.13. The van der Waals surface area contributed by atoms with E-state index >= 15 is 0 Å². The molecule has 19 heavy (non-hydrogen) atoms. The lowest BCUT2D eigenvalue weighted by Crippen LogP contribution is -2.24. The van der Waals surface area contributed by atoms with Gasteiger partial charge in [0, 0.05) is 11.6 Å². The molecule has 1 aromatic rings. The third-order valence-electron chi connectivity index (χ3n) is 3.86. The number of hydrogen-bond acceptors (Lipinski definition) is 3. The van der Waals surface area contributed by atoms with E-state index in [1.807, 2.05) is 6.07 Å². The lowest BCUT2D eigenvalue weighted by atomic mass is 9.94. The van der Waals surface area contributed by atoms with Crippen LogP contribution in [-0.4, -0.2) is 19.4 Å². The Hall–Kier alpha value is -1.29. The highest BCUT2D eigenvalue weighted by Crippen LogP contribution is 2.41. The highest BCUT2D eigenvalue weighted by molar-refractivity contribution is 5.52. The highest BCUT2D eigenvalue weighted by atomic mass is 19.1. The molecule has 1 saturated heterocycles. The van der Waals surface area contributed by atoms with E-state index < -0.39 is 5.67 Å². The van der Waals surface area contributed by atoms with Gasteiger partial charge in [0.2, 0.25) is 6.79 Å². The van der Waals surface area contributed by atoms with Gasteiger partial charge in [0.15, 0.2) is 11.5 Å². The van der Waals surface area contributed by atoms with E-state index in [0.717, 1.165) is 24.3 Å². The van der Waals surface area contributed by atoms with Crippen molar-refractivity contribution in [2.24, 2.45) is 0 Å². The molecule has 0 saturated carbocycles. The van der Waals surface area contributed by atoms with Crippen LogP contribution in [0.2, 0.25) is 0 Å². The van der Waals surface area contributed by atoms with Gasteiger partial charge in [0.25, 0.3) is 0 Å². The molecule has 3 rings (SSSR count). The molecule has 0 aliphatic carbocycles. The van der Waals surface area contributed by atoms with Gasteiger partial charge in [-0.05, 0) is 57.4 Å². The molecule has 0 spiro atoms. The molecule has 1 unspecified atom stereocenters. The first kappa shape index (κ1) is 12.7. The maximum absolute atomic E-state index is 14.2. The van der Waals surface area contributed by atoms with Gasteiger partial charge in [-0.25, -0.2) is 4.39 Å². The van der Waals surface area contributed by atoms with Gasteiger partial charge in [0.1, 0.15) is 5.67 Å². The summed E-state index contributed by atoms with van der Waals surface area (Å²) in [5.41, 5.74) is 0.346. The minimum absolute atomic E-state index is 0.233. The molecule has 2 heterocycles. The van der Waals surface area contributed by atoms with Crippen molar-refractivity contribution in [2.75, 3.05) is 13.3 Å². The molecule has 0 amide bonds. The SMILES string of the molecule is CC(C)(F)c1cc(CC2CCCN2)c2c(c1)OCO2. The summed E-state index contributed by atoms with van der Waals surface area (Å²) >= 11 is 0. The lowest BCUT2D eigenvalue weighted by molar-refractivity contribution is 0.172. The number of fused-ring (bicyclic) bond motifs is 1. The molecule has 104 valence electrons. The standard InChI is InChI=1S/C15H20FNO2/c1-15(2,16)11-6-10(7-12-4-3-5-17-12)14-13(8-11)18-9-19-14/h6,8,12,17H,3-5,7,9H2,1-2H3. The maximum atomic E-state index is 14.2. The lowest BCUT2D eigenvalue weighted by Gasteiger charge is -2.18. The van der Waals surface area contributed by atoms with Crippen molar-refractivity contribution in [3.63, 3.8) is 0 Å². The van der Waals surface area contributed by atoms with Crippen LogP contribution in [0.25, 0.3) is 0 Å². The van der Waals surface area contributed by atoms with Crippen LogP contribution in [0.1, 0.15) is 37.8 Å². The summed E-state index contributed by atoms with van der Waals surface area (Å²) in [7, 11) is 0. The van der Waals surface area contributed by atoms with Gasteiger partial charge >= 0.3 is 0 Å². The number of ether oxygens (including phenoxy) is 2. The molecule has 2 aliphatic heterocycles. The van der Waals surface area contributed by atoms with Gasteiger partial charge in [-0.15, -0.1) is 0 Å². The van der Waals surface area contributed by atoms with E-state index in [4.69, 9.17) is 9.47 Å². The fourth-order valence-electron chi connectivity index (χ4n) is 2.77. The molecule has 0 aromatic heterocycles. The van der Waals surface area contributed by atoms with E-state index in [2.05, 4.69) is 5.32 Å². The second-order valence-electron chi connectivity index (χ2n) is 5.84. The number of nitrogens with one attached hydrogen (secondary N) is 1. The maximum Gasteiger partial charge on any atom is 0.231 e. The molecule has 3 nitrogen and oxygen atoms in total. The second kappa shape index (κ2) is 4.67. The predicted octanol–water partition coefficient (Wildman–Crippen LogP) is 2.91. The Bertz CT molecular complexity index is 476. The van der Waals surface area contributed by atoms with E-state index in [-0.39, 0.29) is 6.79 Å². The van der Waals surface area contributed by atoms with Crippen LogP contribution in [0.15, 0.2) is 12.1 Å². The van der Waals surface area contributed by atoms with Gasteiger partial charge in [-0.2, -0.15) is 0 Å². The van der Waals surface area contributed by atoms with Crippen LogP contribution in [0.4, 0.5) is 4.39 Å². The third kappa shape index (κ3) is 2.54. The summed E-state index contributed by atoms with van der Waals surface area (Å²) in [4.78, 5) is 0. The first-order chi connectivity index (χ1) is 9.04. The molecule has 0 bridgehead atoms. The first-order valence-corrected chi connectivity index (χ1v) is 6.89. The van der Waals surface area contributed by atoms with Crippen molar-refractivity contribution >= 4 is 0 Å². The van der Waals surface area contributed by atoms with Crippen molar-refractivity contribution in [3.05, 3.63) is 23.3 Å². The monoisotopic (exact) mass is 265 g/mol. The molecular formula is C15H20FNO2. The molecule has 1 aromatic carbocycles. The topological polar surface area (TPSA) is 30.5 Å². The molecule has 1 N–H and O–H groups in total. The van der Waals surface area contributed by atoms with Gasteiger partial charge < -0.3 is 14.8 Å².